The fraction of sp³-hybridized carbons (Fsp3) is 0.455. The maximum Gasteiger partial charge on any atom is 0.261 e. The highest BCUT2D eigenvalue weighted by Gasteiger charge is 2.24. The van der Waals surface area contributed by atoms with Gasteiger partial charge in [0.25, 0.3) is 9.05 Å². The van der Waals surface area contributed by atoms with Gasteiger partial charge in [-0.05, 0) is 30.5 Å². The van der Waals surface area contributed by atoms with Crippen LogP contribution in [-0.4, -0.2) is 36.6 Å². The summed E-state index contributed by atoms with van der Waals surface area (Å²) in [7, 11) is -3.10. The van der Waals surface area contributed by atoms with E-state index in [-0.39, 0.29) is 12.5 Å². The van der Waals surface area contributed by atoms with Crippen molar-refractivity contribution in [3.63, 3.8) is 0 Å². The molecule has 0 bridgehead atoms. The predicted molar refractivity (Wildman–Crippen MR) is 73.6 cm³/mol. The monoisotopic (exact) mass is 357 g/mol. The van der Waals surface area contributed by atoms with E-state index in [9.17, 15) is 21.2 Å². The van der Waals surface area contributed by atoms with Gasteiger partial charge in [0.2, 0.25) is 10.0 Å². The van der Waals surface area contributed by atoms with Crippen molar-refractivity contribution in [2.24, 2.45) is 5.92 Å². The van der Waals surface area contributed by atoms with Gasteiger partial charge in [0.15, 0.2) is 0 Å². The van der Waals surface area contributed by atoms with Gasteiger partial charge in [-0.15, -0.1) is 0 Å². The third-order valence-corrected chi connectivity index (χ3v) is 5.87. The van der Waals surface area contributed by atoms with Crippen LogP contribution in [0.15, 0.2) is 28.0 Å². The van der Waals surface area contributed by atoms with E-state index in [0.717, 1.165) is 18.6 Å². The molecule has 1 unspecified atom stereocenters. The van der Waals surface area contributed by atoms with E-state index in [1.54, 1.807) is 0 Å². The molecule has 21 heavy (non-hydrogen) atoms. The van der Waals surface area contributed by atoms with Gasteiger partial charge in [-0.3, -0.25) is 0 Å². The number of hydrogen-bond donors (Lipinski definition) is 1. The Morgan fingerprint density at radius 3 is 2.57 bits per heavy atom. The lowest BCUT2D eigenvalue weighted by molar-refractivity contribution is 0.186. The Kier molecular flexibility index (Phi) is 4.89. The molecule has 1 fully saturated rings. The fourth-order valence-electron chi connectivity index (χ4n) is 1.90. The summed E-state index contributed by atoms with van der Waals surface area (Å²) in [6.07, 6.45) is 0.731. The van der Waals surface area contributed by atoms with Gasteiger partial charge in [-0.1, -0.05) is 0 Å². The second-order valence-corrected chi connectivity index (χ2v) is 8.91. The van der Waals surface area contributed by atoms with Crippen LogP contribution in [0.4, 0.5) is 4.39 Å². The lowest BCUT2D eigenvalue weighted by Gasteiger charge is -2.11. The molecular formula is C11H13ClFNO5S2. The number of rotatable bonds is 5. The summed E-state index contributed by atoms with van der Waals surface area (Å²) in [5.74, 6) is -1.13. The van der Waals surface area contributed by atoms with Crippen LogP contribution in [0.2, 0.25) is 0 Å². The molecule has 1 N–H and O–H groups in total. The molecule has 0 radical (unpaired) electrons. The highest BCUT2D eigenvalue weighted by Crippen LogP contribution is 2.21. The Bertz CT molecular complexity index is 729. The molecule has 0 spiro atoms. The second-order valence-electron chi connectivity index (χ2n) is 4.61. The Balaban J connectivity index is 2.19. The summed E-state index contributed by atoms with van der Waals surface area (Å²) in [4.78, 5) is -1.12. The molecule has 0 aromatic heterocycles. The molecule has 1 aliphatic heterocycles. The van der Waals surface area contributed by atoms with Crippen molar-refractivity contribution < 1.29 is 26.0 Å². The van der Waals surface area contributed by atoms with E-state index < -0.39 is 34.7 Å². The number of sulfonamides is 1. The molecule has 0 amide bonds. The van der Waals surface area contributed by atoms with Crippen molar-refractivity contribution in [3.05, 3.63) is 24.0 Å². The molecule has 0 aliphatic carbocycles. The van der Waals surface area contributed by atoms with Gasteiger partial charge < -0.3 is 4.74 Å². The standard InChI is InChI=1S/C11H13ClFNO5S2/c12-20(15,16)9-1-2-11(10(13)5-9)21(17,18)14-6-8-3-4-19-7-8/h1-2,5,8,14H,3-4,6-7H2. The molecule has 1 atom stereocenters. The number of ether oxygens (including phenoxy) is 1. The molecule has 1 heterocycles. The molecule has 118 valence electrons. The Hall–Kier alpha value is -0.740. The Labute approximate surface area is 126 Å². The quantitative estimate of drug-likeness (QED) is 0.796. The second kappa shape index (κ2) is 6.17. The first kappa shape index (κ1) is 16.6. The highest BCUT2D eigenvalue weighted by atomic mass is 35.7. The fourth-order valence-corrected chi connectivity index (χ4v) is 3.84. The van der Waals surface area contributed by atoms with E-state index in [1.165, 1.54) is 0 Å². The van der Waals surface area contributed by atoms with Crippen molar-refractivity contribution >= 4 is 29.8 Å². The third kappa shape index (κ3) is 4.13. The van der Waals surface area contributed by atoms with Crippen LogP contribution < -0.4 is 4.72 Å². The molecule has 1 saturated heterocycles. The minimum absolute atomic E-state index is 0.0466. The number of halogens is 2. The maximum atomic E-state index is 13.8. The van der Waals surface area contributed by atoms with Gasteiger partial charge in [-0.25, -0.2) is 25.9 Å². The number of nitrogens with one attached hydrogen (secondary N) is 1. The first-order valence-corrected chi connectivity index (χ1v) is 9.81. The normalized spacial score (nSPS) is 19.8. The van der Waals surface area contributed by atoms with Crippen LogP contribution in [0.5, 0.6) is 0 Å². The van der Waals surface area contributed by atoms with E-state index in [1.807, 2.05) is 0 Å². The van der Waals surface area contributed by atoms with Gasteiger partial charge in [0.1, 0.15) is 10.7 Å². The summed E-state index contributed by atoms with van der Waals surface area (Å²) in [5.41, 5.74) is 0. The zero-order valence-electron chi connectivity index (χ0n) is 10.8. The summed E-state index contributed by atoms with van der Waals surface area (Å²) in [6, 6.07) is 2.40. The van der Waals surface area contributed by atoms with Crippen LogP contribution in [0.1, 0.15) is 6.42 Å². The Morgan fingerprint density at radius 1 is 1.33 bits per heavy atom. The number of benzene rings is 1. The first-order chi connectivity index (χ1) is 9.70. The third-order valence-electron chi connectivity index (χ3n) is 3.06. The van der Waals surface area contributed by atoms with E-state index in [2.05, 4.69) is 4.72 Å². The minimum atomic E-state index is -4.11. The topological polar surface area (TPSA) is 89.5 Å². The maximum absolute atomic E-state index is 13.8. The zero-order valence-corrected chi connectivity index (χ0v) is 13.1. The van der Waals surface area contributed by atoms with E-state index in [0.29, 0.717) is 19.3 Å². The van der Waals surface area contributed by atoms with Gasteiger partial charge in [0, 0.05) is 23.8 Å². The Morgan fingerprint density at radius 2 is 2.05 bits per heavy atom. The summed E-state index contributed by atoms with van der Waals surface area (Å²) < 4.78 is 67.3. The summed E-state index contributed by atoms with van der Waals surface area (Å²) in [5, 5.41) is 0. The van der Waals surface area contributed by atoms with Crippen molar-refractivity contribution in [2.45, 2.75) is 16.2 Å². The molecule has 10 heteroatoms. The SMILES string of the molecule is O=S(=O)(Cl)c1ccc(S(=O)(=O)NCC2CCOC2)c(F)c1. The van der Waals surface area contributed by atoms with Crippen molar-refractivity contribution in [1.82, 2.24) is 4.72 Å². The van der Waals surface area contributed by atoms with Crippen LogP contribution >= 0.6 is 10.7 Å². The van der Waals surface area contributed by atoms with E-state index in [4.69, 9.17) is 15.4 Å². The molecule has 1 aromatic carbocycles. The predicted octanol–water partition coefficient (Wildman–Crippen LogP) is 1.07. The molecular weight excluding hydrogens is 345 g/mol. The van der Waals surface area contributed by atoms with Crippen LogP contribution in [0.3, 0.4) is 0 Å². The first-order valence-electron chi connectivity index (χ1n) is 6.02. The minimum Gasteiger partial charge on any atom is -0.381 e. The molecule has 2 rings (SSSR count). The average molecular weight is 358 g/mol. The highest BCUT2D eigenvalue weighted by molar-refractivity contribution is 8.13. The van der Waals surface area contributed by atoms with Crippen LogP contribution in [0.25, 0.3) is 0 Å². The van der Waals surface area contributed by atoms with Crippen molar-refractivity contribution in [3.8, 4) is 0 Å². The molecule has 6 nitrogen and oxygen atoms in total. The van der Waals surface area contributed by atoms with E-state index >= 15 is 0 Å². The molecule has 0 saturated carbocycles. The lowest BCUT2D eigenvalue weighted by Crippen LogP contribution is -2.30. The largest absolute Gasteiger partial charge is 0.381 e. The van der Waals surface area contributed by atoms with Crippen molar-refractivity contribution in [1.29, 1.82) is 0 Å². The van der Waals surface area contributed by atoms with Crippen LogP contribution in [-0.2, 0) is 23.8 Å². The van der Waals surface area contributed by atoms with Crippen LogP contribution in [0, 0.1) is 11.7 Å². The van der Waals surface area contributed by atoms with Gasteiger partial charge in [-0.2, -0.15) is 0 Å². The smallest absolute Gasteiger partial charge is 0.261 e. The van der Waals surface area contributed by atoms with Gasteiger partial charge in [0.05, 0.1) is 11.5 Å². The average Bonchev–Trinajstić information content (AvgIpc) is 2.88. The number of hydrogen-bond acceptors (Lipinski definition) is 5. The lowest BCUT2D eigenvalue weighted by atomic mass is 10.1. The van der Waals surface area contributed by atoms with Gasteiger partial charge >= 0.3 is 0 Å². The molecule has 1 aromatic rings. The molecule has 1 aliphatic rings. The summed E-state index contributed by atoms with van der Waals surface area (Å²) in [6.45, 7) is 1.16. The van der Waals surface area contributed by atoms with Crippen molar-refractivity contribution in [2.75, 3.05) is 19.8 Å². The summed E-state index contributed by atoms with van der Waals surface area (Å²) >= 11 is 0. The zero-order chi connectivity index (χ0) is 15.7.